The third-order valence-corrected chi connectivity index (χ3v) is 2.38. The fourth-order valence-electron chi connectivity index (χ4n) is 1.48. The molecule has 4 heteroatoms. The monoisotopic (exact) mass is 229 g/mol. The largest absolute Gasteiger partial charge is 0.450 e. The number of nitrogens with zero attached hydrogens (tertiary/aromatic N) is 1. The maximum Gasteiger partial charge on any atom is 0.311 e. The minimum atomic E-state index is -0.451. The third kappa shape index (κ3) is 2.42. The molecule has 0 saturated heterocycles. The zero-order valence-electron chi connectivity index (χ0n) is 9.29. The summed E-state index contributed by atoms with van der Waals surface area (Å²) in [6, 6.07) is 13.7. The van der Waals surface area contributed by atoms with Crippen LogP contribution >= 0.6 is 0 Å². The van der Waals surface area contributed by atoms with Gasteiger partial charge in [0.15, 0.2) is 0 Å². The Balaban J connectivity index is 2.37. The van der Waals surface area contributed by atoms with Crippen LogP contribution in [-0.2, 0) is 0 Å². The smallest absolute Gasteiger partial charge is 0.311 e. The lowest BCUT2D eigenvalue weighted by Gasteiger charge is -2.08. The van der Waals surface area contributed by atoms with Gasteiger partial charge >= 0.3 is 5.69 Å². The van der Waals surface area contributed by atoms with Gasteiger partial charge in [-0.3, -0.25) is 10.1 Å². The number of nitro groups is 1. The van der Waals surface area contributed by atoms with Crippen LogP contribution in [0.1, 0.15) is 5.56 Å². The summed E-state index contributed by atoms with van der Waals surface area (Å²) in [4.78, 5) is 10.4. The van der Waals surface area contributed by atoms with E-state index < -0.39 is 4.92 Å². The summed E-state index contributed by atoms with van der Waals surface area (Å²) in [6.45, 7) is 1.89. The summed E-state index contributed by atoms with van der Waals surface area (Å²) < 4.78 is 5.56. The fraction of sp³-hybridized carbons (Fsp3) is 0.0769. The number of hydrogen-bond acceptors (Lipinski definition) is 3. The Morgan fingerprint density at radius 1 is 1.00 bits per heavy atom. The van der Waals surface area contributed by atoms with Gasteiger partial charge in [0, 0.05) is 6.07 Å². The molecule has 0 aromatic heterocycles. The minimum Gasteiger partial charge on any atom is -0.450 e. The number of rotatable bonds is 3. The quantitative estimate of drug-likeness (QED) is 0.595. The molecule has 0 saturated carbocycles. The Morgan fingerprint density at radius 2 is 1.59 bits per heavy atom. The molecule has 0 aliphatic carbocycles. The Hall–Kier alpha value is -2.36. The predicted octanol–water partition coefficient (Wildman–Crippen LogP) is 3.70. The molecule has 4 nitrogen and oxygen atoms in total. The van der Waals surface area contributed by atoms with Crippen molar-refractivity contribution in [2.45, 2.75) is 6.92 Å². The standard InChI is InChI=1S/C13H11NO3/c1-10-6-2-4-8-12(10)17-13-9-5-3-7-11(13)14(15)16/h2-9H,1H3. The molecule has 2 aromatic carbocycles. The zero-order valence-corrected chi connectivity index (χ0v) is 9.29. The molecule has 0 fully saturated rings. The molecule has 0 aliphatic rings. The van der Waals surface area contributed by atoms with Crippen molar-refractivity contribution < 1.29 is 9.66 Å². The number of para-hydroxylation sites is 3. The van der Waals surface area contributed by atoms with Crippen LogP contribution in [-0.4, -0.2) is 4.92 Å². The Kier molecular flexibility index (Phi) is 3.05. The molecule has 0 radical (unpaired) electrons. The number of nitro benzene ring substituents is 1. The molecule has 17 heavy (non-hydrogen) atoms. The van der Waals surface area contributed by atoms with Crippen LogP contribution < -0.4 is 4.74 Å². The summed E-state index contributed by atoms with van der Waals surface area (Å²) in [5.41, 5.74) is 0.904. The van der Waals surface area contributed by atoms with E-state index in [1.807, 2.05) is 25.1 Å². The highest BCUT2D eigenvalue weighted by molar-refractivity contribution is 5.49. The second kappa shape index (κ2) is 4.65. The van der Waals surface area contributed by atoms with E-state index in [9.17, 15) is 10.1 Å². The van der Waals surface area contributed by atoms with Gasteiger partial charge in [0.2, 0.25) is 5.75 Å². The van der Waals surface area contributed by atoms with E-state index in [1.54, 1.807) is 24.3 Å². The first-order valence-corrected chi connectivity index (χ1v) is 5.15. The van der Waals surface area contributed by atoms with Gasteiger partial charge in [-0.25, -0.2) is 0 Å². The van der Waals surface area contributed by atoms with Crippen molar-refractivity contribution in [2.75, 3.05) is 0 Å². The maximum atomic E-state index is 10.8. The number of benzene rings is 2. The van der Waals surface area contributed by atoms with Crippen molar-refractivity contribution in [3.8, 4) is 11.5 Å². The molecule has 0 bridgehead atoms. The minimum absolute atomic E-state index is 0.0317. The normalized spacial score (nSPS) is 9.94. The maximum absolute atomic E-state index is 10.8. The van der Waals surface area contributed by atoms with E-state index in [-0.39, 0.29) is 11.4 Å². The molecular formula is C13H11NO3. The van der Waals surface area contributed by atoms with Crippen molar-refractivity contribution in [1.29, 1.82) is 0 Å². The molecular weight excluding hydrogens is 218 g/mol. The third-order valence-electron chi connectivity index (χ3n) is 2.38. The van der Waals surface area contributed by atoms with Gasteiger partial charge < -0.3 is 4.74 Å². The highest BCUT2D eigenvalue weighted by atomic mass is 16.6. The Morgan fingerprint density at radius 3 is 2.24 bits per heavy atom. The number of hydrogen-bond donors (Lipinski definition) is 0. The summed E-state index contributed by atoms with van der Waals surface area (Å²) >= 11 is 0. The average Bonchev–Trinajstić information content (AvgIpc) is 2.32. The Bertz CT molecular complexity index is 552. The molecule has 0 amide bonds. The van der Waals surface area contributed by atoms with Crippen molar-refractivity contribution in [2.24, 2.45) is 0 Å². The summed E-state index contributed by atoms with van der Waals surface area (Å²) in [6.07, 6.45) is 0. The lowest BCUT2D eigenvalue weighted by molar-refractivity contribution is -0.385. The summed E-state index contributed by atoms with van der Waals surface area (Å²) in [5.74, 6) is 0.883. The van der Waals surface area contributed by atoms with Gasteiger partial charge in [-0.2, -0.15) is 0 Å². The summed E-state index contributed by atoms with van der Waals surface area (Å²) in [7, 11) is 0. The van der Waals surface area contributed by atoms with Crippen molar-refractivity contribution in [1.82, 2.24) is 0 Å². The average molecular weight is 229 g/mol. The molecule has 0 atom stereocenters. The van der Waals surface area contributed by atoms with Crippen LogP contribution in [0.4, 0.5) is 5.69 Å². The Labute approximate surface area is 98.6 Å². The van der Waals surface area contributed by atoms with E-state index in [4.69, 9.17) is 4.74 Å². The van der Waals surface area contributed by atoms with Gasteiger partial charge in [0.05, 0.1) is 4.92 Å². The first-order valence-electron chi connectivity index (χ1n) is 5.15. The SMILES string of the molecule is Cc1ccccc1Oc1ccccc1[N+](=O)[O-]. The van der Waals surface area contributed by atoms with Gasteiger partial charge in [0.25, 0.3) is 0 Å². The molecule has 2 rings (SSSR count). The van der Waals surface area contributed by atoms with E-state index >= 15 is 0 Å². The van der Waals surface area contributed by atoms with Crippen LogP contribution in [0.2, 0.25) is 0 Å². The number of aryl methyl sites for hydroxylation is 1. The molecule has 0 N–H and O–H groups in total. The molecule has 0 spiro atoms. The second-order valence-corrected chi connectivity index (χ2v) is 3.59. The van der Waals surface area contributed by atoms with Gasteiger partial charge in [-0.1, -0.05) is 30.3 Å². The topological polar surface area (TPSA) is 52.4 Å². The number of ether oxygens (including phenoxy) is 1. The van der Waals surface area contributed by atoms with E-state index in [2.05, 4.69) is 0 Å². The molecule has 86 valence electrons. The molecule has 0 aliphatic heterocycles. The van der Waals surface area contributed by atoms with Gasteiger partial charge in [-0.15, -0.1) is 0 Å². The van der Waals surface area contributed by atoms with Crippen molar-refractivity contribution in [3.63, 3.8) is 0 Å². The molecule has 2 aromatic rings. The van der Waals surface area contributed by atoms with Crippen LogP contribution in [0.25, 0.3) is 0 Å². The molecule has 0 heterocycles. The lowest BCUT2D eigenvalue weighted by Crippen LogP contribution is -1.93. The second-order valence-electron chi connectivity index (χ2n) is 3.59. The van der Waals surface area contributed by atoms with Crippen LogP contribution in [0.15, 0.2) is 48.5 Å². The summed E-state index contributed by atoms with van der Waals surface area (Å²) in [5, 5.41) is 10.8. The fourth-order valence-corrected chi connectivity index (χ4v) is 1.48. The van der Waals surface area contributed by atoms with Crippen LogP contribution in [0, 0.1) is 17.0 Å². The van der Waals surface area contributed by atoms with Crippen molar-refractivity contribution >= 4 is 5.69 Å². The van der Waals surface area contributed by atoms with Crippen LogP contribution in [0.3, 0.4) is 0 Å². The van der Waals surface area contributed by atoms with Gasteiger partial charge in [0.1, 0.15) is 5.75 Å². The van der Waals surface area contributed by atoms with Crippen molar-refractivity contribution in [3.05, 3.63) is 64.2 Å². The highest BCUT2D eigenvalue weighted by Gasteiger charge is 2.14. The lowest BCUT2D eigenvalue weighted by atomic mass is 10.2. The van der Waals surface area contributed by atoms with Gasteiger partial charge in [-0.05, 0) is 24.6 Å². The van der Waals surface area contributed by atoms with E-state index in [0.29, 0.717) is 5.75 Å². The molecule has 0 unspecified atom stereocenters. The van der Waals surface area contributed by atoms with E-state index in [0.717, 1.165) is 5.56 Å². The van der Waals surface area contributed by atoms with E-state index in [1.165, 1.54) is 6.07 Å². The highest BCUT2D eigenvalue weighted by Crippen LogP contribution is 2.31. The predicted molar refractivity (Wildman–Crippen MR) is 64.3 cm³/mol. The first kappa shape index (κ1) is 11.1. The first-order chi connectivity index (χ1) is 8.18. The zero-order chi connectivity index (χ0) is 12.3. The van der Waals surface area contributed by atoms with Crippen LogP contribution in [0.5, 0.6) is 11.5 Å².